The van der Waals surface area contributed by atoms with Crippen molar-refractivity contribution in [3.63, 3.8) is 0 Å². The molecule has 0 atom stereocenters. The number of aliphatic imine (C=N–C) groups is 1. The summed E-state index contributed by atoms with van der Waals surface area (Å²) in [6.45, 7) is 1.19. The van der Waals surface area contributed by atoms with Gasteiger partial charge in [-0.1, -0.05) is 6.07 Å². The molecular formula is C14H24FIN4O2S2. The first-order valence-corrected chi connectivity index (χ1v) is 10.3. The molecule has 0 radical (unpaired) electrons. The Bertz CT molecular complexity index is 642. The van der Waals surface area contributed by atoms with Crippen LogP contribution >= 0.6 is 35.7 Å². The number of hydrogen-bond donors (Lipinski definition) is 3. The van der Waals surface area contributed by atoms with Crippen LogP contribution in [0.1, 0.15) is 11.1 Å². The van der Waals surface area contributed by atoms with E-state index >= 15 is 0 Å². The molecule has 1 rings (SSSR count). The Morgan fingerprint density at radius 3 is 2.54 bits per heavy atom. The van der Waals surface area contributed by atoms with Crippen LogP contribution in [0.4, 0.5) is 4.39 Å². The van der Waals surface area contributed by atoms with E-state index in [2.05, 4.69) is 20.3 Å². The highest BCUT2D eigenvalue weighted by Crippen LogP contribution is 2.16. The average molecular weight is 490 g/mol. The second-order valence-corrected chi connectivity index (χ2v) is 7.56. The lowest BCUT2D eigenvalue weighted by Crippen LogP contribution is -2.41. The van der Waals surface area contributed by atoms with Crippen molar-refractivity contribution in [2.24, 2.45) is 4.99 Å². The minimum atomic E-state index is -3.19. The van der Waals surface area contributed by atoms with Crippen LogP contribution in [-0.2, 0) is 22.3 Å². The molecular weight excluding hydrogens is 466 g/mol. The number of nitrogens with zero attached hydrogens (tertiary/aromatic N) is 1. The van der Waals surface area contributed by atoms with Gasteiger partial charge in [0.25, 0.3) is 0 Å². The van der Waals surface area contributed by atoms with Gasteiger partial charge in [-0.25, -0.2) is 17.5 Å². The van der Waals surface area contributed by atoms with Crippen molar-refractivity contribution in [2.75, 3.05) is 32.6 Å². The van der Waals surface area contributed by atoms with Crippen molar-refractivity contribution in [2.45, 2.75) is 12.3 Å². The molecule has 0 aliphatic rings. The van der Waals surface area contributed by atoms with Crippen molar-refractivity contribution < 1.29 is 12.8 Å². The van der Waals surface area contributed by atoms with E-state index in [0.717, 1.165) is 23.1 Å². The Morgan fingerprint density at radius 1 is 1.25 bits per heavy atom. The fraction of sp³-hybridized carbons (Fsp3) is 0.500. The maximum absolute atomic E-state index is 13.3. The molecule has 0 fully saturated rings. The normalized spacial score (nSPS) is 11.8. The molecule has 0 saturated heterocycles. The first kappa shape index (κ1) is 23.4. The highest BCUT2D eigenvalue weighted by atomic mass is 127. The molecule has 10 heteroatoms. The Balaban J connectivity index is 0.00000529. The number of guanidine groups is 1. The van der Waals surface area contributed by atoms with Crippen molar-refractivity contribution >= 4 is 51.7 Å². The van der Waals surface area contributed by atoms with Crippen LogP contribution in [-0.4, -0.2) is 47.0 Å². The molecule has 0 saturated carbocycles. The molecule has 1 aromatic carbocycles. The third-order valence-electron chi connectivity index (χ3n) is 2.92. The topological polar surface area (TPSA) is 82.6 Å². The lowest BCUT2D eigenvalue weighted by atomic mass is 10.1. The highest BCUT2D eigenvalue weighted by Gasteiger charge is 2.06. The van der Waals surface area contributed by atoms with Gasteiger partial charge in [-0.15, -0.1) is 24.0 Å². The number of hydrogen-bond acceptors (Lipinski definition) is 4. The Labute approximate surface area is 164 Å². The van der Waals surface area contributed by atoms with E-state index in [9.17, 15) is 12.8 Å². The van der Waals surface area contributed by atoms with Gasteiger partial charge < -0.3 is 10.6 Å². The molecule has 0 heterocycles. The second kappa shape index (κ2) is 11.9. The zero-order valence-corrected chi connectivity index (χ0v) is 17.9. The zero-order valence-electron chi connectivity index (χ0n) is 13.9. The fourth-order valence-electron chi connectivity index (χ4n) is 1.87. The van der Waals surface area contributed by atoms with Crippen LogP contribution in [0.3, 0.4) is 0 Å². The van der Waals surface area contributed by atoms with Crippen molar-refractivity contribution in [3.05, 3.63) is 35.1 Å². The van der Waals surface area contributed by atoms with Gasteiger partial charge in [0.05, 0.1) is 6.26 Å². The van der Waals surface area contributed by atoms with Gasteiger partial charge in [0, 0.05) is 32.4 Å². The van der Waals surface area contributed by atoms with E-state index < -0.39 is 10.0 Å². The quantitative estimate of drug-likeness (QED) is 0.223. The van der Waals surface area contributed by atoms with E-state index in [-0.39, 0.29) is 36.3 Å². The predicted molar refractivity (Wildman–Crippen MR) is 110 cm³/mol. The molecule has 6 nitrogen and oxygen atoms in total. The average Bonchev–Trinajstić information content (AvgIpc) is 2.47. The summed E-state index contributed by atoms with van der Waals surface area (Å²) in [4.78, 5) is 4.07. The summed E-state index contributed by atoms with van der Waals surface area (Å²) < 4.78 is 37.6. The van der Waals surface area contributed by atoms with Crippen LogP contribution < -0.4 is 15.4 Å². The van der Waals surface area contributed by atoms with Gasteiger partial charge >= 0.3 is 0 Å². The van der Waals surface area contributed by atoms with E-state index in [1.165, 1.54) is 6.07 Å². The molecule has 24 heavy (non-hydrogen) atoms. The summed E-state index contributed by atoms with van der Waals surface area (Å²) in [5.74, 6) is 1.05. The van der Waals surface area contributed by atoms with Gasteiger partial charge in [-0.3, -0.25) is 4.99 Å². The summed E-state index contributed by atoms with van der Waals surface area (Å²) in [5.41, 5.74) is 1.94. The van der Waals surface area contributed by atoms with E-state index in [4.69, 9.17) is 0 Å². The second-order valence-electron chi connectivity index (χ2n) is 4.87. The Hall–Kier alpha value is -0.590. The summed E-state index contributed by atoms with van der Waals surface area (Å²) in [6.07, 6.45) is 3.08. The van der Waals surface area contributed by atoms with Gasteiger partial charge in [0.15, 0.2) is 5.96 Å². The molecule has 1 aromatic rings. The Kier molecular flexibility index (Phi) is 11.6. The van der Waals surface area contributed by atoms with Crippen LogP contribution in [0.25, 0.3) is 0 Å². The third kappa shape index (κ3) is 9.64. The summed E-state index contributed by atoms with van der Waals surface area (Å²) in [5, 5.41) is 6.14. The molecule has 138 valence electrons. The number of rotatable bonds is 8. The standard InChI is InChI=1S/C14H23FN4O2S2.HI/c1-16-14(17-6-7-19-23(3,20)21)18-9-11-4-5-13(15)8-12(11)10-22-2;/h4-5,8,19H,6-7,9-10H2,1-3H3,(H2,16,17,18);1H. The van der Waals surface area contributed by atoms with Gasteiger partial charge in [-0.05, 0) is 29.5 Å². The first-order valence-electron chi connectivity index (χ1n) is 7.01. The van der Waals surface area contributed by atoms with E-state index in [0.29, 0.717) is 19.0 Å². The molecule has 0 aliphatic heterocycles. The molecule has 0 aliphatic carbocycles. The SMILES string of the molecule is CN=C(NCCNS(C)(=O)=O)NCc1ccc(F)cc1CSC.I. The maximum Gasteiger partial charge on any atom is 0.208 e. The summed E-state index contributed by atoms with van der Waals surface area (Å²) in [7, 11) is -1.56. The van der Waals surface area contributed by atoms with Crippen molar-refractivity contribution in [1.82, 2.24) is 15.4 Å². The minimum Gasteiger partial charge on any atom is -0.355 e. The van der Waals surface area contributed by atoms with Crippen LogP contribution in [0.5, 0.6) is 0 Å². The van der Waals surface area contributed by atoms with E-state index in [1.54, 1.807) is 30.9 Å². The molecule has 3 N–H and O–H groups in total. The van der Waals surface area contributed by atoms with Crippen LogP contribution in [0, 0.1) is 5.82 Å². The monoisotopic (exact) mass is 490 g/mol. The van der Waals surface area contributed by atoms with Gasteiger partial charge in [0.2, 0.25) is 10.0 Å². The van der Waals surface area contributed by atoms with Gasteiger partial charge in [0.1, 0.15) is 5.82 Å². The number of benzene rings is 1. The minimum absolute atomic E-state index is 0. The maximum atomic E-state index is 13.3. The number of halogens is 2. The predicted octanol–water partition coefficient (Wildman–Crippen LogP) is 1.52. The van der Waals surface area contributed by atoms with Crippen LogP contribution in [0.15, 0.2) is 23.2 Å². The molecule has 0 bridgehead atoms. The van der Waals surface area contributed by atoms with Crippen LogP contribution in [0.2, 0.25) is 0 Å². The molecule has 0 amide bonds. The molecule has 0 unspecified atom stereocenters. The van der Waals surface area contributed by atoms with Crippen molar-refractivity contribution in [1.29, 1.82) is 0 Å². The smallest absolute Gasteiger partial charge is 0.208 e. The lowest BCUT2D eigenvalue weighted by Gasteiger charge is -2.14. The summed E-state index contributed by atoms with van der Waals surface area (Å²) in [6, 6.07) is 4.74. The number of nitrogens with one attached hydrogen (secondary N) is 3. The Morgan fingerprint density at radius 2 is 1.96 bits per heavy atom. The molecule has 0 aromatic heterocycles. The lowest BCUT2D eigenvalue weighted by molar-refractivity contribution is 0.586. The van der Waals surface area contributed by atoms with E-state index in [1.807, 2.05) is 6.26 Å². The highest BCUT2D eigenvalue weighted by molar-refractivity contribution is 14.0. The first-order chi connectivity index (χ1) is 10.9. The van der Waals surface area contributed by atoms with Crippen molar-refractivity contribution in [3.8, 4) is 0 Å². The number of sulfonamides is 1. The molecule has 0 spiro atoms. The zero-order chi connectivity index (χ0) is 17.3. The summed E-state index contributed by atoms with van der Waals surface area (Å²) >= 11 is 1.63. The fourth-order valence-corrected chi connectivity index (χ4v) is 2.93. The largest absolute Gasteiger partial charge is 0.355 e. The number of thioether (sulfide) groups is 1. The third-order valence-corrected chi connectivity index (χ3v) is 4.25. The van der Waals surface area contributed by atoms with Gasteiger partial charge in [-0.2, -0.15) is 11.8 Å².